The SMILES string of the molecule is O=[N+]([O-])c1ccc(-[n+]2cccc(CCCO)c2)c([N+](=O)[O-])c1. The Morgan fingerprint density at radius 1 is 1.14 bits per heavy atom. The minimum atomic E-state index is -0.668. The van der Waals surface area contributed by atoms with Crippen LogP contribution >= 0.6 is 0 Å². The van der Waals surface area contributed by atoms with E-state index >= 15 is 0 Å². The number of benzene rings is 1. The van der Waals surface area contributed by atoms with Gasteiger partial charge in [-0.25, -0.2) is 0 Å². The lowest BCUT2D eigenvalue weighted by atomic mass is 10.1. The Bertz CT molecular complexity index is 717. The van der Waals surface area contributed by atoms with E-state index in [-0.39, 0.29) is 23.7 Å². The highest BCUT2D eigenvalue weighted by atomic mass is 16.6. The summed E-state index contributed by atoms with van der Waals surface area (Å²) in [7, 11) is 0. The van der Waals surface area contributed by atoms with E-state index in [0.717, 1.165) is 11.6 Å². The van der Waals surface area contributed by atoms with Crippen LogP contribution in [-0.4, -0.2) is 21.6 Å². The minimum Gasteiger partial charge on any atom is -0.396 e. The maximum absolute atomic E-state index is 11.2. The van der Waals surface area contributed by atoms with Crippen LogP contribution < -0.4 is 4.57 Å². The quantitative estimate of drug-likeness (QED) is 0.496. The Labute approximate surface area is 125 Å². The molecule has 0 bridgehead atoms. The molecule has 0 spiro atoms. The van der Waals surface area contributed by atoms with Crippen molar-refractivity contribution >= 4 is 11.4 Å². The first-order valence-corrected chi connectivity index (χ1v) is 6.57. The van der Waals surface area contributed by atoms with Crippen LogP contribution in [0.3, 0.4) is 0 Å². The predicted molar refractivity (Wildman–Crippen MR) is 76.7 cm³/mol. The molecule has 0 unspecified atom stereocenters. The first-order chi connectivity index (χ1) is 10.5. The van der Waals surface area contributed by atoms with E-state index in [1.807, 2.05) is 6.07 Å². The molecular weight excluding hydrogens is 290 g/mol. The molecule has 0 amide bonds. The van der Waals surface area contributed by atoms with Gasteiger partial charge in [0.2, 0.25) is 0 Å². The molecule has 0 aliphatic rings. The van der Waals surface area contributed by atoms with Gasteiger partial charge in [-0.3, -0.25) is 20.2 Å². The number of aliphatic hydroxyl groups is 1. The molecule has 0 atom stereocenters. The third-order valence-electron chi connectivity index (χ3n) is 3.13. The van der Waals surface area contributed by atoms with Crippen molar-refractivity contribution in [2.24, 2.45) is 0 Å². The van der Waals surface area contributed by atoms with Gasteiger partial charge in [-0.1, -0.05) is 0 Å². The van der Waals surface area contributed by atoms with Crippen LogP contribution in [0.2, 0.25) is 0 Å². The number of aliphatic hydroxyl groups excluding tert-OH is 1. The summed E-state index contributed by atoms with van der Waals surface area (Å²) in [5.41, 5.74) is 0.497. The van der Waals surface area contributed by atoms with Crippen molar-refractivity contribution in [3.63, 3.8) is 0 Å². The lowest BCUT2D eigenvalue weighted by molar-refractivity contribution is -0.601. The molecule has 8 nitrogen and oxygen atoms in total. The average Bonchev–Trinajstić information content (AvgIpc) is 2.52. The number of nitro groups is 2. The fourth-order valence-corrected chi connectivity index (χ4v) is 2.09. The maximum atomic E-state index is 11.2. The smallest absolute Gasteiger partial charge is 0.347 e. The lowest BCUT2D eigenvalue weighted by Crippen LogP contribution is -2.31. The highest BCUT2D eigenvalue weighted by Gasteiger charge is 2.26. The number of non-ortho nitro benzene ring substituents is 1. The highest BCUT2D eigenvalue weighted by Crippen LogP contribution is 2.24. The number of nitro benzene ring substituents is 2. The van der Waals surface area contributed by atoms with Crippen LogP contribution in [-0.2, 0) is 6.42 Å². The van der Waals surface area contributed by atoms with Crippen molar-refractivity contribution < 1.29 is 19.5 Å². The topological polar surface area (TPSA) is 110 Å². The third kappa shape index (κ3) is 3.41. The van der Waals surface area contributed by atoms with Gasteiger partial charge in [-0.2, -0.15) is 4.57 Å². The molecule has 1 heterocycles. The Kier molecular flexibility index (Phi) is 4.74. The van der Waals surface area contributed by atoms with E-state index in [0.29, 0.717) is 12.8 Å². The van der Waals surface area contributed by atoms with Crippen LogP contribution in [0.1, 0.15) is 12.0 Å². The molecule has 22 heavy (non-hydrogen) atoms. The molecule has 2 rings (SSSR count). The fourth-order valence-electron chi connectivity index (χ4n) is 2.09. The lowest BCUT2D eigenvalue weighted by Gasteiger charge is -2.01. The molecule has 1 aromatic carbocycles. The van der Waals surface area contributed by atoms with Gasteiger partial charge in [0, 0.05) is 30.4 Å². The number of hydrogen-bond donors (Lipinski definition) is 1. The summed E-state index contributed by atoms with van der Waals surface area (Å²) < 4.78 is 1.55. The van der Waals surface area contributed by atoms with Crippen molar-refractivity contribution in [1.29, 1.82) is 0 Å². The molecule has 0 aliphatic carbocycles. The summed E-state index contributed by atoms with van der Waals surface area (Å²) in [6, 6.07) is 7.12. The van der Waals surface area contributed by atoms with Crippen molar-refractivity contribution in [1.82, 2.24) is 0 Å². The van der Waals surface area contributed by atoms with Crippen molar-refractivity contribution in [2.75, 3.05) is 6.61 Å². The van der Waals surface area contributed by atoms with Gasteiger partial charge in [0.15, 0.2) is 12.4 Å². The van der Waals surface area contributed by atoms with Crippen LogP contribution in [0, 0.1) is 20.2 Å². The van der Waals surface area contributed by atoms with Gasteiger partial charge in [0.1, 0.15) is 6.07 Å². The Morgan fingerprint density at radius 3 is 2.55 bits per heavy atom. The van der Waals surface area contributed by atoms with Gasteiger partial charge in [-0.05, 0) is 18.9 Å². The molecule has 0 saturated carbocycles. The molecule has 0 aliphatic heterocycles. The van der Waals surface area contributed by atoms with E-state index in [4.69, 9.17) is 5.11 Å². The van der Waals surface area contributed by atoms with Gasteiger partial charge in [0.05, 0.1) is 9.85 Å². The first kappa shape index (κ1) is 15.5. The van der Waals surface area contributed by atoms with Gasteiger partial charge >= 0.3 is 5.69 Å². The summed E-state index contributed by atoms with van der Waals surface area (Å²) in [5, 5.41) is 30.8. The summed E-state index contributed by atoms with van der Waals surface area (Å²) in [6.45, 7) is 0.0621. The molecule has 8 heteroatoms. The summed E-state index contributed by atoms with van der Waals surface area (Å²) in [5.74, 6) is 0. The van der Waals surface area contributed by atoms with Crippen LogP contribution in [0.15, 0.2) is 42.7 Å². The second kappa shape index (κ2) is 6.72. The molecule has 1 aromatic heterocycles. The molecule has 1 N–H and O–H groups in total. The number of aryl methyl sites for hydroxylation is 1. The monoisotopic (exact) mass is 304 g/mol. The number of rotatable bonds is 6. The Hall–Kier alpha value is -2.87. The Morgan fingerprint density at radius 2 is 1.91 bits per heavy atom. The Balaban J connectivity index is 2.47. The number of aromatic nitrogens is 1. The van der Waals surface area contributed by atoms with Gasteiger partial charge in [0.25, 0.3) is 11.4 Å². The summed E-state index contributed by atoms with van der Waals surface area (Å²) in [4.78, 5) is 20.6. The van der Waals surface area contributed by atoms with Crippen molar-refractivity contribution in [3.05, 3.63) is 68.5 Å². The normalized spacial score (nSPS) is 10.4. The molecule has 2 aromatic rings. The standard InChI is InChI=1S/C14H14N3O5/c18-8-2-4-11-3-1-7-15(10-11)13-6-5-12(16(19)20)9-14(13)17(21)22/h1,3,5-7,9-10,18H,2,4,8H2/q+1. The summed E-state index contributed by atoms with van der Waals surface area (Å²) >= 11 is 0. The van der Waals surface area contributed by atoms with Gasteiger partial charge < -0.3 is 5.11 Å². The molecule has 0 saturated heterocycles. The first-order valence-electron chi connectivity index (χ1n) is 6.57. The largest absolute Gasteiger partial charge is 0.396 e. The van der Waals surface area contributed by atoms with Crippen LogP contribution in [0.25, 0.3) is 5.69 Å². The average molecular weight is 304 g/mol. The van der Waals surface area contributed by atoms with Crippen LogP contribution in [0.4, 0.5) is 11.4 Å². The number of nitrogens with zero attached hydrogens (tertiary/aromatic N) is 3. The zero-order chi connectivity index (χ0) is 16.1. The van der Waals surface area contributed by atoms with Gasteiger partial charge in [-0.15, -0.1) is 0 Å². The van der Waals surface area contributed by atoms with Crippen molar-refractivity contribution in [2.45, 2.75) is 12.8 Å². The molecule has 114 valence electrons. The van der Waals surface area contributed by atoms with E-state index in [9.17, 15) is 20.2 Å². The number of hydrogen-bond acceptors (Lipinski definition) is 5. The second-order valence-corrected chi connectivity index (χ2v) is 4.63. The van der Waals surface area contributed by atoms with Crippen molar-refractivity contribution in [3.8, 4) is 5.69 Å². The molecular formula is C14H14N3O5+. The second-order valence-electron chi connectivity index (χ2n) is 4.63. The predicted octanol–water partition coefficient (Wildman–Crippen LogP) is 1.70. The summed E-state index contributed by atoms with van der Waals surface area (Å²) in [6.07, 6.45) is 4.57. The zero-order valence-electron chi connectivity index (χ0n) is 11.6. The van der Waals surface area contributed by atoms with E-state index < -0.39 is 9.85 Å². The van der Waals surface area contributed by atoms with Crippen LogP contribution in [0.5, 0.6) is 0 Å². The van der Waals surface area contributed by atoms with E-state index in [1.165, 1.54) is 12.1 Å². The minimum absolute atomic E-state index is 0.0621. The highest BCUT2D eigenvalue weighted by molar-refractivity contribution is 5.53. The maximum Gasteiger partial charge on any atom is 0.347 e. The molecule has 0 fully saturated rings. The molecule has 0 radical (unpaired) electrons. The van der Waals surface area contributed by atoms with E-state index in [1.54, 1.807) is 23.0 Å². The fraction of sp³-hybridized carbons (Fsp3) is 0.214. The number of pyridine rings is 1. The third-order valence-corrected chi connectivity index (χ3v) is 3.13. The zero-order valence-corrected chi connectivity index (χ0v) is 11.6. The van der Waals surface area contributed by atoms with E-state index in [2.05, 4.69) is 0 Å².